The monoisotopic (exact) mass is 350 g/mol. The fourth-order valence-corrected chi connectivity index (χ4v) is 2.44. The molecule has 2 aromatic rings. The Bertz CT molecular complexity index is 821. The van der Waals surface area contributed by atoms with Gasteiger partial charge in [-0.2, -0.15) is 0 Å². The molecule has 0 aliphatic rings. The zero-order chi connectivity index (χ0) is 20.6. The second kappa shape index (κ2) is 6.78. The molecule has 0 aromatic heterocycles. The lowest BCUT2D eigenvalue weighted by Crippen LogP contribution is -2.18. The molecule has 0 fully saturated rings. The highest BCUT2D eigenvalue weighted by Gasteiger charge is 2.35. The predicted octanol–water partition coefficient (Wildman–Crippen LogP) is 5.21. The lowest BCUT2D eigenvalue weighted by molar-refractivity contribution is 0.414. The van der Waals surface area contributed by atoms with Crippen LogP contribution in [0, 0.1) is 0 Å². The van der Waals surface area contributed by atoms with Gasteiger partial charge in [0.2, 0.25) is 3.79 Å². The second-order valence-corrected chi connectivity index (χ2v) is 6.35. The van der Waals surface area contributed by atoms with Gasteiger partial charge in [0.05, 0.1) is 26.9 Å². The van der Waals surface area contributed by atoms with Crippen LogP contribution in [0.5, 0.6) is 11.5 Å². The Kier molecular flexibility index (Phi) is 3.17. The molecule has 1 unspecified atom stereocenters. The molecule has 0 N–H and O–H groups in total. The summed E-state index contributed by atoms with van der Waals surface area (Å²) in [5.74, 6) is -1.85. The van der Waals surface area contributed by atoms with Gasteiger partial charge in [-0.15, -0.1) is 0 Å². The minimum absolute atomic E-state index is 0.0874. The summed E-state index contributed by atoms with van der Waals surface area (Å²) in [4.78, 5) is 0. The van der Waals surface area contributed by atoms with Gasteiger partial charge in [0.1, 0.15) is 11.5 Å². The molecule has 2 aromatic carbocycles. The van der Waals surface area contributed by atoms with Crippen molar-refractivity contribution in [2.24, 2.45) is 0 Å². The van der Waals surface area contributed by atoms with Crippen molar-refractivity contribution in [3.63, 3.8) is 0 Å². The molecule has 0 saturated heterocycles. The number of benzene rings is 2. The molecule has 0 radical (unpaired) electrons. The first kappa shape index (κ1) is 9.83. The van der Waals surface area contributed by atoms with E-state index in [-0.39, 0.29) is 16.9 Å². The van der Waals surface area contributed by atoms with E-state index in [9.17, 15) is 0 Å². The Hall–Kier alpha value is -1.09. The molecular formula is C16H15Cl3O2. The van der Waals surface area contributed by atoms with Crippen molar-refractivity contribution in [3.8, 4) is 11.5 Å². The normalized spacial score (nSPS) is 19.0. The number of ether oxygens (including phenoxy) is 2. The summed E-state index contributed by atoms with van der Waals surface area (Å²) in [5.41, 5.74) is 0.163. The zero-order valence-electron chi connectivity index (χ0n) is 16.9. The molecule has 0 aliphatic heterocycles. The number of methoxy groups -OCH3 is 2. The molecule has 0 spiro atoms. The summed E-state index contributed by atoms with van der Waals surface area (Å²) in [6.07, 6.45) is 0. The van der Waals surface area contributed by atoms with Gasteiger partial charge in [0, 0.05) is 1.37 Å². The van der Waals surface area contributed by atoms with E-state index in [2.05, 4.69) is 0 Å². The van der Waals surface area contributed by atoms with Crippen LogP contribution < -0.4 is 9.47 Å². The van der Waals surface area contributed by atoms with E-state index in [4.69, 9.17) is 52.5 Å². The minimum atomic E-state index is -2.78. The van der Waals surface area contributed by atoms with Crippen molar-refractivity contribution in [2.45, 2.75) is 9.69 Å². The van der Waals surface area contributed by atoms with Crippen LogP contribution >= 0.6 is 34.8 Å². The average molecular weight is 352 g/mol. The van der Waals surface area contributed by atoms with E-state index in [1.165, 1.54) is 31.4 Å². The van der Waals surface area contributed by atoms with Gasteiger partial charge < -0.3 is 9.47 Å². The van der Waals surface area contributed by atoms with Crippen molar-refractivity contribution in [1.82, 2.24) is 0 Å². The molecule has 5 heteroatoms. The molecule has 0 aliphatic carbocycles. The first-order valence-electron chi connectivity index (χ1n) is 8.82. The Morgan fingerprint density at radius 2 is 1.62 bits per heavy atom. The maximum Gasteiger partial charge on any atom is 0.201 e. The number of hydrogen-bond acceptors (Lipinski definition) is 2. The number of rotatable bonds is 4. The molecular weight excluding hydrogens is 331 g/mol. The summed E-state index contributed by atoms with van der Waals surface area (Å²) in [5, 5.41) is 0. The largest absolute Gasteiger partial charge is 0.497 e. The topological polar surface area (TPSA) is 18.5 Å². The average Bonchev–Trinajstić information content (AvgIpc) is 2.56. The van der Waals surface area contributed by atoms with Crippen molar-refractivity contribution < 1.29 is 17.7 Å². The van der Waals surface area contributed by atoms with E-state index in [1.54, 1.807) is 12.1 Å². The predicted molar refractivity (Wildman–Crippen MR) is 88.1 cm³/mol. The molecule has 21 heavy (non-hydrogen) atoms. The van der Waals surface area contributed by atoms with Crippen molar-refractivity contribution in [2.75, 3.05) is 14.1 Å². The van der Waals surface area contributed by atoms with Gasteiger partial charge in [-0.05, 0) is 35.4 Å². The van der Waals surface area contributed by atoms with Crippen LogP contribution in [0.15, 0.2) is 48.5 Å². The third-order valence-electron chi connectivity index (χ3n) is 2.76. The Labute approximate surface area is 148 Å². The summed E-state index contributed by atoms with van der Waals surface area (Å²) in [6, 6.07) is 7.61. The van der Waals surface area contributed by atoms with Gasteiger partial charge in [0.25, 0.3) is 0 Å². The van der Waals surface area contributed by atoms with Crippen LogP contribution in [0.2, 0.25) is 0 Å². The van der Waals surface area contributed by atoms with Crippen LogP contribution in [0.4, 0.5) is 0 Å². The van der Waals surface area contributed by atoms with Crippen molar-refractivity contribution >= 4 is 34.8 Å². The van der Waals surface area contributed by atoms with Crippen molar-refractivity contribution in [3.05, 3.63) is 59.6 Å². The van der Waals surface area contributed by atoms with E-state index < -0.39 is 28.8 Å². The van der Waals surface area contributed by atoms with Crippen LogP contribution in [-0.4, -0.2) is 17.9 Å². The van der Waals surface area contributed by atoms with Crippen LogP contribution in [-0.2, 0) is 0 Å². The zero-order valence-corrected chi connectivity index (χ0v) is 13.2. The maximum absolute atomic E-state index is 8.88. The molecule has 0 saturated carbocycles. The van der Waals surface area contributed by atoms with Gasteiger partial charge in [-0.1, -0.05) is 59.0 Å². The summed E-state index contributed by atoms with van der Waals surface area (Å²) < 4.78 is 54.2. The summed E-state index contributed by atoms with van der Waals surface area (Å²) >= 11 is 18.3. The van der Waals surface area contributed by atoms with Crippen LogP contribution in [0.1, 0.15) is 25.2 Å². The fraction of sp³-hybridized carbons (Fsp3) is 0.250. The van der Waals surface area contributed by atoms with Gasteiger partial charge in [-0.25, -0.2) is 0 Å². The third kappa shape index (κ3) is 3.97. The summed E-state index contributed by atoms with van der Waals surface area (Å²) in [6.45, 7) is 0. The van der Waals surface area contributed by atoms with Crippen LogP contribution in [0.25, 0.3) is 0 Å². The lowest BCUT2D eigenvalue weighted by atomic mass is 9.92. The molecule has 112 valence electrons. The van der Waals surface area contributed by atoms with Gasteiger partial charge in [-0.3, -0.25) is 0 Å². The molecule has 0 heterocycles. The number of hydrogen-bond donors (Lipinski definition) is 0. The lowest BCUT2D eigenvalue weighted by Gasteiger charge is -2.25. The molecule has 0 bridgehead atoms. The van der Waals surface area contributed by atoms with Gasteiger partial charge >= 0.3 is 0 Å². The quantitative estimate of drug-likeness (QED) is 0.704. The smallest absolute Gasteiger partial charge is 0.201 e. The first-order chi connectivity index (χ1) is 12.3. The van der Waals surface area contributed by atoms with E-state index in [1.807, 2.05) is 0 Å². The Morgan fingerprint density at radius 1 is 1.00 bits per heavy atom. The standard InChI is InChI=1S/C16H15Cl3O2/c1-20-13-7-3-11(4-8-13)15(16(17,18)19)12-5-9-14(21-2)10-6-12/h3-10,15H,1-2H3/i1D3,3D,7D,15D. The van der Waals surface area contributed by atoms with Gasteiger partial charge in [0.15, 0.2) is 0 Å². The van der Waals surface area contributed by atoms with E-state index >= 15 is 0 Å². The molecule has 1 atom stereocenters. The SMILES string of the molecule is [2H]c1c(OC([2H])([2H])[2H])ccc(C([2H])(c2ccc(OC)cc2)C(Cl)(Cl)Cl)c1[2H]. The highest BCUT2D eigenvalue weighted by atomic mass is 35.6. The van der Waals surface area contributed by atoms with Crippen LogP contribution in [0.3, 0.4) is 0 Å². The first-order valence-corrected chi connectivity index (χ1v) is 6.95. The highest BCUT2D eigenvalue weighted by molar-refractivity contribution is 6.68. The maximum atomic E-state index is 8.88. The molecule has 0 amide bonds. The Morgan fingerprint density at radius 3 is 2.19 bits per heavy atom. The molecule has 2 nitrogen and oxygen atoms in total. The third-order valence-corrected chi connectivity index (χ3v) is 3.33. The number of halogens is 3. The second-order valence-electron chi connectivity index (χ2n) is 4.06. The summed E-state index contributed by atoms with van der Waals surface area (Å²) in [7, 11) is -1.30. The fourth-order valence-electron chi connectivity index (χ4n) is 1.81. The number of alkyl halides is 3. The van der Waals surface area contributed by atoms with E-state index in [0.717, 1.165) is 0 Å². The Balaban J connectivity index is 2.66. The van der Waals surface area contributed by atoms with E-state index in [0.29, 0.717) is 5.75 Å². The molecule has 2 rings (SSSR count). The van der Waals surface area contributed by atoms with Crippen molar-refractivity contribution in [1.29, 1.82) is 0 Å². The minimum Gasteiger partial charge on any atom is -0.497 e. The highest BCUT2D eigenvalue weighted by Crippen LogP contribution is 2.46.